The number of amides is 3. The predicted octanol–water partition coefficient (Wildman–Crippen LogP) is 4.05. The van der Waals surface area contributed by atoms with Crippen LogP contribution in [-0.4, -0.2) is 57.6 Å². The Hall–Kier alpha value is -3.23. The summed E-state index contributed by atoms with van der Waals surface area (Å²) in [7, 11) is 0. The van der Waals surface area contributed by atoms with Gasteiger partial charge < -0.3 is 25.4 Å². The fourth-order valence-corrected chi connectivity index (χ4v) is 7.14. The number of carbonyl (C=O) groups is 3. The van der Waals surface area contributed by atoms with E-state index in [1.54, 1.807) is 0 Å². The number of hydrogen-bond acceptors (Lipinski definition) is 5. The van der Waals surface area contributed by atoms with Crippen LogP contribution in [0.2, 0.25) is 0 Å². The number of nitrogens with zero attached hydrogens (tertiary/aromatic N) is 1. The van der Waals surface area contributed by atoms with Crippen LogP contribution in [0.4, 0.5) is 11.4 Å². The molecule has 1 spiro atoms. The number of aliphatic hydroxyl groups excluding tert-OH is 1. The van der Waals surface area contributed by atoms with Gasteiger partial charge in [-0.15, -0.1) is 0 Å². The minimum Gasteiger partial charge on any atom is -0.394 e. The highest BCUT2D eigenvalue weighted by atomic mass is 16.5. The van der Waals surface area contributed by atoms with E-state index < -0.39 is 35.1 Å². The second-order valence-corrected chi connectivity index (χ2v) is 11.7. The zero-order valence-electron chi connectivity index (χ0n) is 23.4. The summed E-state index contributed by atoms with van der Waals surface area (Å²) in [6.45, 7) is 9.40. The monoisotopic (exact) mass is 533 g/mol. The van der Waals surface area contributed by atoms with Crippen molar-refractivity contribution in [2.75, 3.05) is 17.2 Å². The highest BCUT2D eigenvalue weighted by molar-refractivity contribution is 6.05. The zero-order chi connectivity index (χ0) is 28.1. The number of para-hydroxylation sites is 1. The zero-order valence-corrected chi connectivity index (χ0v) is 23.4. The molecule has 3 fully saturated rings. The number of ether oxygens (including phenoxy) is 1. The average molecular weight is 534 g/mol. The SMILES string of the molecule is CC[C@]12CCC3(O1)C(C(=O)Nc1cc(C)ccc1C)N([C@@H](CO)C(C)C)C(=O)[C@@H]3[C@H]2C(=O)Nc1ccccc1. The first-order chi connectivity index (χ1) is 18.6. The lowest BCUT2D eigenvalue weighted by Crippen LogP contribution is -2.57. The minimum absolute atomic E-state index is 0.112. The van der Waals surface area contributed by atoms with Crippen LogP contribution in [-0.2, 0) is 19.1 Å². The van der Waals surface area contributed by atoms with Crippen LogP contribution in [0.15, 0.2) is 48.5 Å². The molecule has 8 nitrogen and oxygen atoms in total. The molecule has 0 saturated carbocycles. The van der Waals surface area contributed by atoms with E-state index in [0.29, 0.717) is 30.6 Å². The highest BCUT2D eigenvalue weighted by Crippen LogP contribution is 2.64. The van der Waals surface area contributed by atoms with Crippen LogP contribution in [0.3, 0.4) is 0 Å². The maximum atomic E-state index is 14.4. The predicted molar refractivity (Wildman–Crippen MR) is 149 cm³/mol. The lowest BCUT2D eigenvalue weighted by molar-refractivity contribution is -0.149. The fraction of sp³-hybridized carbons (Fsp3) is 0.516. The third kappa shape index (κ3) is 4.25. The van der Waals surface area contributed by atoms with Gasteiger partial charge >= 0.3 is 0 Å². The molecule has 3 amide bonds. The second-order valence-electron chi connectivity index (χ2n) is 11.7. The molecule has 2 bridgehead atoms. The smallest absolute Gasteiger partial charge is 0.250 e. The van der Waals surface area contributed by atoms with E-state index in [1.807, 2.05) is 83.1 Å². The van der Waals surface area contributed by atoms with Gasteiger partial charge in [0, 0.05) is 11.4 Å². The summed E-state index contributed by atoms with van der Waals surface area (Å²) in [4.78, 5) is 44.0. The highest BCUT2D eigenvalue weighted by Gasteiger charge is 2.79. The van der Waals surface area contributed by atoms with Gasteiger partial charge in [-0.05, 0) is 68.4 Å². The summed E-state index contributed by atoms with van der Waals surface area (Å²) in [6, 6.07) is 13.4. The number of benzene rings is 2. The Bertz CT molecular complexity index is 1280. The Labute approximate surface area is 230 Å². The molecule has 0 aliphatic carbocycles. The van der Waals surface area contributed by atoms with Gasteiger partial charge in [-0.3, -0.25) is 14.4 Å². The molecule has 0 aromatic heterocycles. The molecular weight excluding hydrogens is 494 g/mol. The van der Waals surface area contributed by atoms with Gasteiger partial charge in [0.2, 0.25) is 17.7 Å². The average Bonchev–Trinajstić information content (AvgIpc) is 3.51. The van der Waals surface area contributed by atoms with E-state index in [0.717, 1.165) is 11.1 Å². The molecule has 3 aliphatic heterocycles. The summed E-state index contributed by atoms with van der Waals surface area (Å²) in [5, 5.41) is 16.5. The molecule has 5 rings (SSSR count). The van der Waals surface area contributed by atoms with Crippen molar-refractivity contribution in [1.82, 2.24) is 4.90 Å². The lowest BCUT2D eigenvalue weighted by Gasteiger charge is -2.38. The number of likely N-dealkylation sites (tertiary alicyclic amines) is 1. The number of anilines is 2. The third-order valence-electron chi connectivity index (χ3n) is 9.16. The summed E-state index contributed by atoms with van der Waals surface area (Å²) in [5.41, 5.74) is 1.23. The first-order valence-electron chi connectivity index (χ1n) is 14.0. The molecule has 2 unspecified atom stereocenters. The molecule has 3 heterocycles. The molecule has 39 heavy (non-hydrogen) atoms. The van der Waals surface area contributed by atoms with Crippen molar-refractivity contribution in [2.24, 2.45) is 17.8 Å². The van der Waals surface area contributed by atoms with E-state index in [2.05, 4.69) is 10.6 Å². The molecular formula is C31H39N3O5. The number of carbonyl (C=O) groups excluding carboxylic acids is 3. The maximum absolute atomic E-state index is 14.4. The Morgan fingerprint density at radius 2 is 1.79 bits per heavy atom. The minimum atomic E-state index is -1.16. The standard InChI is InChI=1S/C31H39N3O5/c1-6-30-14-15-31(39-30)25(24(30)27(36)32-21-10-8-7-9-11-21)29(38)34(23(17-35)18(2)3)26(31)28(37)33-22-16-19(4)12-13-20(22)5/h7-13,16,18,23-26,35H,6,14-15,17H2,1-5H3,(H,32,36)(H,33,37)/t23-,24-,25-,26?,30+,31?/m0/s1. The van der Waals surface area contributed by atoms with Crippen molar-refractivity contribution < 1.29 is 24.2 Å². The van der Waals surface area contributed by atoms with Crippen molar-refractivity contribution in [2.45, 2.75) is 77.2 Å². The largest absolute Gasteiger partial charge is 0.394 e. The van der Waals surface area contributed by atoms with Gasteiger partial charge in [-0.25, -0.2) is 0 Å². The number of rotatable bonds is 8. The Balaban J connectivity index is 1.58. The van der Waals surface area contributed by atoms with E-state index in [9.17, 15) is 19.5 Å². The number of aliphatic hydroxyl groups is 1. The molecule has 3 saturated heterocycles. The molecule has 6 atom stereocenters. The normalized spacial score (nSPS) is 30.0. The van der Waals surface area contributed by atoms with Crippen LogP contribution < -0.4 is 10.6 Å². The quantitative estimate of drug-likeness (QED) is 0.475. The van der Waals surface area contributed by atoms with Crippen LogP contribution in [0.1, 0.15) is 51.2 Å². The number of fused-ring (bicyclic) bond motifs is 1. The molecule has 2 aromatic carbocycles. The van der Waals surface area contributed by atoms with Crippen LogP contribution >= 0.6 is 0 Å². The van der Waals surface area contributed by atoms with Gasteiger partial charge in [0.25, 0.3) is 0 Å². The number of aryl methyl sites for hydroxylation is 2. The van der Waals surface area contributed by atoms with Crippen molar-refractivity contribution in [3.05, 3.63) is 59.7 Å². The third-order valence-corrected chi connectivity index (χ3v) is 9.16. The summed E-state index contributed by atoms with van der Waals surface area (Å²) in [6.07, 6.45) is 1.61. The van der Waals surface area contributed by atoms with Crippen molar-refractivity contribution >= 4 is 29.1 Å². The van der Waals surface area contributed by atoms with E-state index >= 15 is 0 Å². The lowest BCUT2D eigenvalue weighted by atomic mass is 9.65. The molecule has 208 valence electrons. The molecule has 3 aliphatic rings. The van der Waals surface area contributed by atoms with E-state index in [1.165, 1.54) is 4.90 Å². The fourth-order valence-electron chi connectivity index (χ4n) is 7.14. The van der Waals surface area contributed by atoms with Crippen LogP contribution in [0.5, 0.6) is 0 Å². The van der Waals surface area contributed by atoms with Gasteiger partial charge in [0.05, 0.1) is 30.1 Å². The maximum Gasteiger partial charge on any atom is 0.250 e. The Morgan fingerprint density at radius 3 is 2.44 bits per heavy atom. The van der Waals surface area contributed by atoms with Gasteiger partial charge in [-0.2, -0.15) is 0 Å². The van der Waals surface area contributed by atoms with E-state index in [-0.39, 0.29) is 30.2 Å². The van der Waals surface area contributed by atoms with Gasteiger partial charge in [0.1, 0.15) is 11.6 Å². The Kier molecular flexibility index (Phi) is 7.06. The number of nitrogens with one attached hydrogen (secondary N) is 2. The van der Waals surface area contributed by atoms with Crippen molar-refractivity contribution in [1.29, 1.82) is 0 Å². The van der Waals surface area contributed by atoms with Crippen molar-refractivity contribution in [3.8, 4) is 0 Å². The summed E-state index contributed by atoms with van der Waals surface area (Å²) >= 11 is 0. The van der Waals surface area contributed by atoms with Gasteiger partial charge in [-0.1, -0.05) is 51.1 Å². The molecule has 2 aromatic rings. The van der Waals surface area contributed by atoms with Crippen LogP contribution in [0, 0.1) is 31.6 Å². The topological polar surface area (TPSA) is 108 Å². The molecule has 3 N–H and O–H groups in total. The van der Waals surface area contributed by atoms with Crippen LogP contribution in [0.25, 0.3) is 0 Å². The molecule has 0 radical (unpaired) electrons. The first-order valence-corrected chi connectivity index (χ1v) is 14.0. The summed E-state index contributed by atoms with van der Waals surface area (Å²) < 4.78 is 6.83. The Morgan fingerprint density at radius 1 is 1.08 bits per heavy atom. The van der Waals surface area contributed by atoms with Gasteiger partial charge in [0.15, 0.2) is 0 Å². The molecule has 8 heteroatoms. The second kappa shape index (κ2) is 10.1. The first kappa shape index (κ1) is 27.3. The van der Waals surface area contributed by atoms with Crippen molar-refractivity contribution in [3.63, 3.8) is 0 Å². The number of hydrogen-bond donors (Lipinski definition) is 3. The van der Waals surface area contributed by atoms with E-state index in [4.69, 9.17) is 4.74 Å². The summed E-state index contributed by atoms with van der Waals surface area (Å²) in [5.74, 6) is -2.61.